The minimum atomic E-state index is 0.321. The molecule has 15 heavy (non-hydrogen) atoms. The van der Waals surface area contributed by atoms with E-state index < -0.39 is 0 Å². The van der Waals surface area contributed by atoms with Crippen molar-refractivity contribution >= 4 is 5.78 Å². The van der Waals surface area contributed by atoms with Crippen LogP contribution in [-0.2, 0) is 4.79 Å². The molecule has 0 spiro atoms. The maximum Gasteiger partial charge on any atom is 0.130 e. The summed E-state index contributed by atoms with van der Waals surface area (Å²) in [5, 5.41) is 0. The van der Waals surface area contributed by atoms with Gasteiger partial charge in [-0.2, -0.15) is 0 Å². The molecule has 1 aromatic carbocycles. The van der Waals surface area contributed by atoms with E-state index in [1.54, 1.807) is 6.92 Å². The van der Waals surface area contributed by atoms with E-state index >= 15 is 0 Å². The van der Waals surface area contributed by atoms with Crippen molar-refractivity contribution in [3.8, 4) is 0 Å². The van der Waals surface area contributed by atoms with E-state index in [1.165, 1.54) is 12.0 Å². The lowest BCUT2D eigenvalue weighted by atomic mass is 9.96. The van der Waals surface area contributed by atoms with Gasteiger partial charge in [0, 0.05) is 6.42 Å². The molecular weight excluding hydrogens is 184 g/mol. The summed E-state index contributed by atoms with van der Waals surface area (Å²) in [6.07, 6.45) is 2.01. The third-order valence-corrected chi connectivity index (χ3v) is 3.41. The van der Waals surface area contributed by atoms with Gasteiger partial charge in [-0.15, -0.1) is 0 Å². The van der Waals surface area contributed by atoms with Crippen LogP contribution in [0.5, 0.6) is 0 Å². The SMILES string of the molecule is CC(=O)CC(C)C1CC1c1ccccc1. The van der Waals surface area contributed by atoms with Gasteiger partial charge in [0.2, 0.25) is 0 Å². The summed E-state index contributed by atoms with van der Waals surface area (Å²) in [5.74, 6) is 2.31. The Morgan fingerprint density at radius 2 is 2.07 bits per heavy atom. The molecule has 1 saturated carbocycles. The summed E-state index contributed by atoms with van der Waals surface area (Å²) in [5.41, 5.74) is 1.44. The zero-order valence-electron chi connectivity index (χ0n) is 9.44. The Balaban J connectivity index is 1.93. The molecule has 1 aliphatic carbocycles. The monoisotopic (exact) mass is 202 g/mol. The molecule has 1 aromatic rings. The van der Waals surface area contributed by atoms with E-state index in [0.29, 0.717) is 17.6 Å². The van der Waals surface area contributed by atoms with Crippen LogP contribution in [0.2, 0.25) is 0 Å². The third-order valence-electron chi connectivity index (χ3n) is 3.41. The lowest BCUT2D eigenvalue weighted by Crippen LogP contribution is -2.04. The van der Waals surface area contributed by atoms with Gasteiger partial charge >= 0.3 is 0 Å². The molecule has 0 bridgehead atoms. The molecule has 0 radical (unpaired) electrons. The number of hydrogen-bond acceptors (Lipinski definition) is 1. The lowest BCUT2D eigenvalue weighted by Gasteiger charge is -2.08. The van der Waals surface area contributed by atoms with Gasteiger partial charge in [0.05, 0.1) is 0 Å². The first-order chi connectivity index (χ1) is 7.18. The minimum Gasteiger partial charge on any atom is -0.300 e. The summed E-state index contributed by atoms with van der Waals surface area (Å²) >= 11 is 0. The van der Waals surface area contributed by atoms with Crippen LogP contribution in [0.1, 0.15) is 38.2 Å². The van der Waals surface area contributed by atoms with Crippen LogP contribution in [0, 0.1) is 11.8 Å². The molecule has 1 fully saturated rings. The van der Waals surface area contributed by atoms with Crippen molar-refractivity contribution in [1.82, 2.24) is 0 Å². The normalized spacial score (nSPS) is 26.0. The first-order valence-electron chi connectivity index (χ1n) is 5.73. The zero-order chi connectivity index (χ0) is 10.8. The van der Waals surface area contributed by atoms with Crippen LogP contribution in [0.15, 0.2) is 30.3 Å². The molecule has 0 heterocycles. The molecule has 0 saturated heterocycles. The molecule has 3 unspecified atom stereocenters. The van der Waals surface area contributed by atoms with Crippen LogP contribution >= 0.6 is 0 Å². The van der Waals surface area contributed by atoms with Crippen molar-refractivity contribution in [2.24, 2.45) is 11.8 Å². The molecule has 0 aromatic heterocycles. The fourth-order valence-electron chi connectivity index (χ4n) is 2.53. The molecule has 1 aliphatic rings. The van der Waals surface area contributed by atoms with Gasteiger partial charge in [-0.25, -0.2) is 0 Å². The summed E-state index contributed by atoms with van der Waals surface area (Å²) in [7, 11) is 0. The second-order valence-corrected chi connectivity index (χ2v) is 4.80. The van der Waals surface area contributed by atoms with E-state index in [0.717, 1.165) is 12.3 Å². The van der Waals surface area contributed by atoms with Gasteiger partial charge < -0.3 is 4.79 Å². The molecule has 0 amide bonds. The number of carbonyl (C=O) groups excluding carboxylic acids is 1. The highest BCUT2D eigenvalue weighted by atomic mass is 16.1. The fraction of sp³-hybridized carbons (Fsp3) is 0.500. The highest BCUT2D eigenvalue weighted by Crippen LogP contribution is 2.52. The van der Waals surface area contributed by atoms with Gasteiger partial charge in [0.25, 0.3) is 0 Å². The predicted octanol–water partition coefficient (Wildman–Crippen LogP) is 3.41. The molecule has 0 aliphatic heterocycles. The van der Waals surface area contributed by atoms with E-state index in [-0.39, 0.29) is 0 Å². The molecule has 1 nitrogen and oxygen atoms in total. The molecule has 3 atom stereocenters. The van der Waals surface area contributed by atoms with Gasteiger partial charge in [0.15, 0.2) is 0 Å². The van der Waals surface area contributed by atoms with Gasteiger partial charge in [0.1, 0.15) is 5.78 Å². The summed E-state index contributed by atoms with van der Waals surface area (Å²) in [6, 6.07) is 10.6. The Bertz CT molecular complexity index is 342. The van der Waals surface area contributed by atoms with Crippen molar-refractivity contribution in [2.45, 2.75) is 32.6 Å². The number of benzene rings is 1. The van der Waals surface area contributed by atoms with E-state index in [4.69, 9.17) is 0 Å². The smallest absolute Gasteiger partial charge is 0.130 e. The highest BCUT2D eigenvalue weighted by molar-refractivity contribution is 5.75. The van der Waals surface area contributed by atoms with E-state index in [1.807, 2.05) is 0 Å². The topological polar surface area (TPSA) is 17.1 Å². The summed E-state index contributed by atoms with van der Waals surface area (Å²) < 4.78 is 0. The fourth-order valence-corrected chi connectivity index (χ4v) is 2.53. The van der Waals surface area contributed by atoms with Crippen LogP contribution in [-0.4, -0.2) is 5.78 Å². The Labute approximate surface area is 91.5 Å². The Morgan fingerprint density at radius 3 is 2.67 bits per heavy atom. The predicted molar refractivity (Wildman–Crippen MR) is 61.8 cm³/mol. The van der Waals surface area contributed by atoms with Crippen LogP contribution in [0.3, 0.4) is 0 Å². The summed E-state index contributed by atoms with van der Waals surface area (Å²) in [4.78, 5) is 11.0. The highest BCUT2D eigenvalue weighted by Gasteiger charge is 2.41. The van der Waals surface area contributed by atoms with Crippen molar-refractivity contribution in [1.29, 1.82) is 0 Å². The maximum atomic E-state index is 11.0. The number of ketones is 1. The number of hydrogen-bond donors (Lipinski definition) is 0. The maximum absolute atomic E-state index is 11.0. The Morgan fingerprint density at radius 1 is 1.40 bits per heavy atom. The second-order valence-electron chi connectivity index (χ2n) is 4.80. The van der Waals surface area contributed by atoms with Crippen LogP contribution in [0.4, 0.5) is 0 Å². The Hall–Kier alpha value is -1.11. The molecule has 2 rings (SSSR count). The van der Waals surface area contributed by atoms with E-state index in [9.17, 15) is 4.79 Å². The van der Waals surface area contributed by atoms with E-state index in [2.05, 4.69) is 37.3 Å². The first kappa shape index (κ1) is 10.4. The average molecular weight is 202 g/mol. The number of rotatable bonds is 4. The van der Waals surface area contributed by atoms with Gasteiger partial charge in [-0.3, -0.25) is 0 Å². The molecule has 0 N–H and O–H groups in total. The number of Topliss-reactive ketones (excluding diaryl/α,β-unsaturated/α-hetero) is 1. The average Bonchev–Trinajstić information content (AvgIpc) is 2.97. The van der Waals surface area contributed by atoms with Crippen molar-refractivity contribution in [3.63, 3.8) is 0 Å². The number of carbonyl (C=O) groups is 1. The molecular formula is C14H18O. The third kappa shape index (κ3) is 2.47. The standard InChI is InChI=1S/C14H18O/c1-10(8-11(2)15)13-9-14(13)12-6-4-3-5-7-12/h3-7,10,13-14H,8-9H2,1-2H3. The van der Waals surface area contributed by atoms with Crippen molar-refractivity contribution in [2.75, 3.05) is 0 Å². The van der Waals surface area contributed by atoms with Crippen molar-refractivity contribution < 1.29 is 4.79 Å². The minimum absolute atomic E-state index is 0.321. The van der Waals surface area contributed by atoms with Crippen molar-refractivity contribution in [3.05, 3.63) is 35.9 Å². The lowest BCUT2D eigenvalue weighted by molar-refractivity contribution is -0.117. The zero-order valence-corrected chi connectivity index (χ0v) is 9.44. The second kappa shape index (κ2) is 4.18. The van der Waals surface area contributed by atoms with Crippen LogP contribution < -0.4 is 0 Å². The Kier molecular flexibility index (Phi) is 2.90. The first-order valence-corrected chi connectivity index (χ1v) is 5.73. The quantitative estimate of drug-likeness (QED) is 0.731. The van der Waals surface area contributed by atoms with Gasteiger partial charge in [-0.05, 0) is 36.7 Å². The molecule has 1 heteroatoms. The summed E-state index contributed by atoms with van der Waals surface area (Å²) in [6.45, 7) is 3.89. The molecule has 80 valence electrons. The van der Waals surface area contributed by atoms with Crippen LogP contribution in [0.25, 0.3) is 0 Å². The van der Waals surface area contributed by atoms with Gasteiger partial charge in [-0.1, -0.05) is 37.3 Å². The largest absolute Gasteiger partial charge is 0.300 e.